The van der Waals surface area contributed by atoms with Crippen molar-refractivity contribution in [3.8, 4) is 0 Å². The summed E-state index contributed by atoms with van der Waals surface area (Å²) in [6.07, 6.45) is 4.47. The molecule has 0 aliphatic rings. The van der Waals surface area contributed by atoms with Crippen molar-refractivity contribution in [2.75, 3.05) is 39.3 Å². The van der Waals surface area contributed by atoms with Gasteiger partial charge in [-0.15, -0.1) is 0 Å². The van der Waals surface area contributed by atoms with Gasteiger partial charge in [-0.05, 0) is 58.4 Å². The Bertz CT molecular complexity index is 86.1. The van der Waals surface area contributed by atoms with Crippen LogP contribution in [0.2, 0.25) is 0 Å². The molecule has 4 nitrogen and oxygen atoms in total. The van der Waals surface area contributed by atoms with Crippen LogP contribution in [0.4, 0.5) is 0 Å². The minimum atomic E-state index is 0.535. The highest BCUT2D eigenvalue weighted by Gasteiger charge is 1.89. The van der Waals surface area contributed by atoms with E-state index in [-0.39, 0.29) is 0 Å². The molecule has 4 heteroatoms. The summed E-state index contributed by atoms with van der Waals surface area (Å²) in [4.78, 5) is 0. The minimum Gasteiger partial charge on any atom is -0.330 e. The fourth-order valence-electron chi connectivity index (χ4n) is 1.19. The average molecular weight is 201 g/mol. The van der Waals surface area contributed by atoms with Gasteiger partial charge in [0.1, 0.15) is 0 Å². The van der Waals surface area contributed by atoms with Crippen molar-refractivity contribution in [1.29, 1.82) is 0 Å². The van der Waals surface area contributed by atoms with Crippen LogP contribution in [0.15, 0.2) is 0 Å². The smallest absolute Gasteiger partial charge is 0.0112 e. The normalized spacial score (nSPS) is 10.7. The van der Waals surface area contributed by atoms with Crippen molar-refractivity contribution in [2.45, 2.75) is 25.7 Å². The van der Waals surface area contributed by atoms with Crippen LogP contribution in [-0.2, 0) is 0 Å². The Labute approximate surface area is 87.8 Å². The van der Waals surface area contributed by atoms with Gasteiger partial charge >= 0.3 is 0 Å². The third kappa shape index (κ3) is 11.8. The van der Waals surface area contributed by atoms with Gasteiger partial charge in [-0.1, -0.05) is 0 Å². The highest BCUT2D eigenvalue weighted by molar-refractivity contribution is 4.52. The molecule has 0 aromatic rings. The molecule has 0 saturated heterocycles. The summed E-state index contributed by atoms with van der Waals surface area (Å²) in [7, 11) is 0. The SMILES string of the molecule is [NH]CCCNCCCCNCCCN. The Morgan fingerprint density at radius 3 is 1.79 bits per heavy atom. The zero-order chi connectivity index (χ0) is 10.5. The largest absolute Gasteiger partial charge is 0.330 e. The van der Waals surface area contributed by atoms with Crippen LogP contribution in [0.3, 0.4) is 0 Å². The highest BCUT2D eigenvalue weighted by atomic mass is 14.9. The molecule has 0 aliphatic carbocycles. The van der Waals surface area contributed by atoms with E-state index >= 15 is 0 Å². The summed E-state index contributed by atoms with van der Waals surface area (Å²) in [5.74, 6) is 0. The van der Waals surface area contributed by atoms with E-state index in [2.05, 4.69) is 10.6 Å². The molecular weight excluding hydrogens is 176 g/mol. The van der Waals surface area contributed by atoms with E-state index in [4.69, 9.17) is 11.5 Å². The molecule has 0 aromatic heterocycles. The predicted molar refractivity (Wildman–Crippen MR) is 61.2 cm³/mol. The first-order chi connectivity index (χ1) is 6.91. The van der Waals surface area contributed by atoms with Crippen LogP contribution >= 0.6 is 0 Å². The van der Waals surface area contributed by atoms with E-state index in [1.807, 2.05) is 0 Å². The number of rotatable bonds is 11. The van der Waals surface area contributed by atoms with Crippen molar-refractivity contribution in [2.24, 2.45) is 5.73 Å². The van der Waals surface area contributed by atoms with E-state index < -0.39 is 0 Å². The van der Waals surface area contributed by atoms with E-state index in [1.165, 1.54) is 12.8 Å². The Balaban J connectivity index is 2.78. The van der Waals surface area contributed by atoms with Gasteiger partial charge in [-0.25, -0.2) is 0 Å². The minimum absolute atomic E-state index is 0.535. The molecule has 0 aliphatic heterocycles. The first-order valence-electron chi connectivity index (χ1n) is 5.68. The first-order valence-corrected chi connectivity index (χ1v) is 5.68. The van der Waals surface area contributed by atoms with Crippen LogP contribution in [0.1, 0.15) is 25.7 Å². The summed E-state index contributed by atoms with van der Waals surface area (Å²) in [6.45, 7) is 5.53. The van der Waals surface area contributed by atoms with Crippen LogP contribution in [0.25, 0.3) is 0 Å². The maximum atomic E-state index is 6.95. The van der Waals surface area contributed by atoms with Gasteiger partial charge in [0, 0.05) is 6.54 Å². The molecule has 0 aromatic carbocycles. The second-order valence-corrected chi connectivity index (χ2v) is 3.45. The molecule has 0 amide bonds. The molecule has 0 atom stereocenters. The van der Waals surface area contributed by atoms with Gasteiger partial charge in [0.25, 0.3) is 0 Å². The van der Waals surface area contributed by atoms with Crippen LogP contribution in [-0.4, -0.2) is 39.3 Å². The van der Waals surface area contributed by atoms with Crippen LogP contribution in [0.5, 0.6) is 0 Å². The zero-order valence-corrected chi connectivity index (χ0v) is 9.15. The van der Waals surface area contributed by atoms with Gasteiger partial charge in [0.15, 0.2) is 0 Å². The van der Waals surface area contributed by atoms with Gasteiger partial charge in [-0.3, -0.25) is 5.73 Å². The second-order valence-electron chi connectivity index (χ2n) is 3.45. The van der Waals surface area contributed by atoms with Crippen molar-refractivity contribution in [3.05, 3.63) is 0 Å². The lowest BCUT2D eigenvalue weighted by Gasteiger charge is -2.04. The predicted octanol–water partition coefficient (Wildman–Crippen LogP) is -0.0324. The lowest BCUT2D eigenvalue weighted by Crippen LogP contribution is -2.22. The third-order valence-corrected chi connectivity index (χ3v) is 2.05. The van der Waals surface area contributed by atoms with Crippen molar-refractivity contribution >= 4 is 0 Å². The van der Waals surface area contributed by atoms with Crippen molar-refractivity contribution in [3.63, 3.8) is 0 Å². The number of nitrogens with two attached hydrogens (primary N) is 1. The Hall–Kier alpha value is -0.160. The maximum Gasteiger partial charge on any atom is 0.0112 e. The fraction of sp³-hybridized carbons (Fsp3) is 1.00. The average Bonchev–Trinajstić information content (AvgIpc) is 2.21. The summed E-state index contributed by atoms with van der Waals surface area (Å²) in [5, 5.41) is 6.67. The van der Waals surface area contributed by atoms with Gasteiger partial charge < -0.3 is 16.4 Å². The molecule has 5 N–H and O–H groups in total. The van der Waals surface area contributed by atoms with Crippen molar-refractivity contribution in [1.82, 2.24) is 16.4 Å². The molecule has 1 radical (unpaired) electrons. The molecule has 0 unspecified atom stereocenters. The van der Waals surface area contributed by atoms with E-state index in [0.717, 1.165) is 45.6 Å². The molecule has 0 spiro atoms. The molecule has 0 rings (SSSR count). The van der Waals surface area contributed by atoms with Crippen molar-refractivity contribution < 1.29 is 0 Å². The number of hydrogen-bond acceptors (Lipinski definition) is 3. The second kappa shape index (κ2) is 12.8. The summed E-state index contributed by atoms with van der Waals surface area (Å²) in [6, 6.07) is 0. The topological polar surface area (TPSA) is 73.9 Å². The van der Waals surface area contributed by atoms with Gasteiger partial charge in [0.2, 0.25) is 0 Å². The number of nitrogens with one attached hydrogen (secondary N) is 3. The quantitative estimate of drug-likeness (QED) is 0.411. The third-order valence-electron chi connectivity index (χ3n) is 2.05. The highest BCUT2D eigenvalue weighted by Crippen LogP contribution is 1.85. The van der Waals surface area contributed by atoms with Gasteiger partial charge in [-0.2, -0.15) is 0 Å². The first kappa shape index (κ1) is 13.8. The molecule has 0 saturated carbocycles. The molecule has 14 heavy (non-hydrogen) atoms. The lowest BCUT2D eigenvalue weighted by molar-refractivity contribution is 0.569. The van der Waals surface area contributed by atoms with Crippen LogP contribution in [0, 0.1) is 0 Å². The Kier molecular flexibility index (Phi) is 12.7. The number of hydrogen-bond donors (Lipinski definition) is 3. The monoisotopic (exact) mass is 201 g/mol. The molecular formula is C10H25N4. The Morgan fingerprint density at radius 1 is 0.786 bits per heavy atom. The number of unbranched alkanes of at least 4 members (excludes halogenated alkanes) is 1. The molecule has 0 fully saturated rings. The molecule has 0 bridgehead atoms. The van der Waals surface area contributed by atoms with Crippen LogP contribution < -0.4 is 22.1 Å². The van der Waals surface area contributed by atoms with Gasteiger partial charge in [0.05, 0.1) is 0 Å². The summed E-state index contributed by atoms with van der Waals surface area (Å²) >= 11 is 0. The summed E-state index contributed by atoms with van der Waals surface area (Å²) in [5.41, 5.74) is 12.3. The zero-order valence-electron chi connectivity index (χ0n) is 9.15. The lowest BCUT2D eigenvalue weighted by atomic mass is 10.3. The van der Waals surface area contributed by atoms with E-state index in [9.17, 15) is 0 Å². The van der Waals surface area contributed by atoms with E-state index in [0.29, 0.717) is 6.54 Å². The fourth-order valence-corrected chi connectivity index (χ4v) is 1.19. The summed E-state index contributed by atoms with van der Waals surface area (Å²) < 4.78 is 0. The Morgan fingerprint density at radius 2 is 1.29 bits per heavy atom. The standard InChI is InChI=1S/C10H25N4/c11-5-3-9-13-7-1-2-8-14-10-4-6-12/h11,13-14H,1-10,12H2. The molecule has 0 heterocycles. The molecule has 85 valence electrons. The van der Waals surface area contributed by atoms with E-state index in [1.54, 1.807) is 0 Å². The maximum absolute atomic E-state index is 6.95.